The Morgan fingerprint density at radius 1 is 1.07 bits per heavy atom. The first kappa shape index (κ1) is 21.7. The van der Waals surface area contributed by atoms with Crippen molar-refractivity contribution >= 4 is 5.57 Å². The Morgan fingerprint density at radius 2 is 1.78 bits per heavy atom. The van der Waals surface area contributed by atoms with Crippen LogP contribution in [0.25, 0.3) is 5.57 Å². The lowest BCUT2D eigenvalue weighted by Crippen LogP contribution is -2.38. The molecule has 0 aromatic heterocycles. The highest BCUT2D eigenvalue weighted by Crippen LogP contribution is 2.49. The second kappa shape index (κ2) is 10.1. The number of allylic oxidation sites excluding steroid dienone is 4. The maximum atomic E-state index is 13.8. The number of halogens is 3. The molecule has 0 saturated carbocycles. The van der Waals surface area contributed by atoms with Crippen LogP contribution in [-0.2, 0) is 0 Å². The Balaban J connectivity index is 1.88. The van der Waals surface area contributed by atoms with E-state index in [9.17, 15) is 13.2 Å². The molecule has 1 aromatic rings. The molecule has 0 heterocycles. The van der Waals surface area contributed by atoms with Crippen LogP contribution in [0.1, 0.15) is 38.7 Å². The van der Waals surface area contributed by atoms with E-state index in [1.54, 1.807) is 12.2 Å². The smallest absolute Gasteiger partial charge is 0.315 e. The van der Waals surface area contributed by atoms with Crippen molar-refractivity contribution in [3.05, 3.63) is 54.1 Å². The van der Waals surface area contributed by atoms with Crippen molar-refractivity contribution < 1.29 is 13.2 Å². The summed E-state index contributed by atoms with van der Waals surface area (Å²) in [6, 6.07) is 9.57. The minimum absolute atomic E-state index is 0.0106. The average Bonchev–Trinajstić information content (AvgIpc) is 2.68. The number of nitrogens with one attached hydrogen (secondary N) is 1. The number of alkyl halides is 3. The molecule has 1 unspecified atom stereocenters. The van der Waals surface area contributed by atoms with E-state index in [0.717, 1.165) is 37.3 Å². The van der Waals surface area contributed by atoms with Crippen LogP contribution in [0.5, 0.6) is 0 Å². The maximum absolute atomic E-state index is 13.8. The van der Waals surface area contributed by atoms with E-state index in [1.165, 1.54) is 6.08 Å². The standard InChI is InChI=1S/C22H31F3N2/c1-3-27(4-2)18-17-26-16-8-13-21(22(23,24)25)14-11-20(12-15-21)19-9-6-5-7-10-19/h5-7,9-12,14,26H,3-4,8,13,15-18H2,1-2H3. The summed E-state index contributed by atoms with van der Waals surface area (Å²) >= 11 is 0. The third-order valence-corrected chi connectivity index (χ3v) is 5.42. The van der Waals surface area contributed by atoms with Gasteiger partial charge in [0.1, 0.15) is 0 Å². The minimum Gasteiger partial charge on any atom is -0.315 e. The Morgan fingerprint density at radius 3 is 2.33 bits per heavy atom. The molecule has 0 fully saturated rings. The Labute approximate surface area is 161 Å². The Hall–Kier alpha value is -1.59. The summed E-state index contributed by atoms with van der Waals surface area (Å²) in [5, 5.41) is 3.28. The molecule has 1 aromatic carbocycles. The molecule has 0 amide bonds. The molecule has 1 N–H and O–H groups in total. The molecule has 5 heteroatoms. The molecule has 0 spiro atoms. The second-order valence-corrected chi connectivity index (χ2v) is 7.10. The van der Waals surface area contributed by atoms with Crippen molar-refractivity contribution in [2.75, 3.05) is 32.7 Å². The molecule has 1 atom stereocenters. The zero-order valence-corrected chi connectivity index (χ0v) is 16.4. The molecule has 2 nitrogen and oxygen atoms in total. The summed E-state index contributed by atoms with van der Waals surface area (Å²) in [5.74, 6) is 0. The van der Waals surface area contributed by atoms with Crippen LogP contribution in [-0.4, -0.2) is 43.8 Å². The van der Waals surface area contributed by atoms with E-state index in [2.05, 4.69) is 24.1 Å². The van der Waals surface area contributed by atoms with Gasteiger partial charge in [-0.1, -0.05) is 62.4 Å². The van der Waals surface area contributed by atoms with Crippen molar-refractivity contribution in [3.63, 3.8) is 0 Å². The Bertz CT molecular complexity index is 618. The highest BCUT2D eigenvalue weighted by atomic mass is 19.4. The number of nitrogens with zero attached hydrogens (tertiary/aromatic N) is 1. The molecule has 1 aliphatic carbocycles. The quantitative estimate of drug-likeness (QED) is 0.555. The van der Waals surface area contributed by atoms with Crippen molar-refractivity contribution in [3.8, 4) is 0 Å². The second-order valence-electron chi connectivity index (χ2n) is 7.10. The van der Waals surface area contributed by atoms with Gasteiger partial charge in [-0.3, -0.25) is 0 Å². The number of rotatable bonds is 10. The largest absolute Gasteiger partial charge is 0.398 e. The van der Waals surface area contributed by atoms with E-state index < -0.39 is 11.6 Å². The zero-order chi connectivity index (χ0) is 19.8. The molecular formula is C22H31F3N2. The van der Waals surface area contributed by atoms with Gasteiger partial charge in [0.15, 0.2) is 0 Å². The molecule has 0 bridgehead atoms. The average molecular weight is 380 g/mol. The van der Waals surface area contributed by atoms with Crippen LogP contribution >= 0.6 is 0 Å². The predicted octanol–water partition coefficient (Wildman–Crippen LogP) is 5.29. The number of benzene rings is 1. The van der Waals surface area contributed by atoms with E-state index in [0.29, 0.717) is 13.0 Å². The van der Waals surface area contributed by atoms with Crippen LogP contribution in [0.15, 0.2) is 48.6 Å². The molecule has 150 valence electrons. The van der Waals surface area contributed by atoms with Crippen LogP contribution in [0.4, 0.5) is 13.2 Å². The molecule has 2 rings (SSSR count). The molecule has 0 radical (unpaired) electrons. The first-order valence-corrected chi connectivity index (χ1v) is 9.86. The van der Waals surface area contributed by atoms with Crippen LogP contribution in [0.2, 0.25) is 0 Å². The third kappa shape index (κ3) is 5.94. The normalized spacial score (nSPS) is 20.1. The van der Waals surface area contributed by atoms with Gasteiger partial charge < -0.3 is 10.2 Å². The molecule has 0 saturated heterocycles. The summed E-state index contributed by atoms with van der Waals surface area (Å²) in [7, 11) is 0. The fourth-order valence-electron chi connectivity index (χ4n) is 3.49. The van der Waals surface area contributed by atoms with Crippen molar-refractivity contribution in [2.24, 2.45) is 5.41 Å². The van der Waals surface area contributed by atoms with E-state index >= 15 is 0 Å². The summed E-state index contributed by atoms with van der Waals surface area (Å²) in [5.41, 5.74) is 0.0849. The highest BCUT2D eigenvalue weighted by molar-refractivity contribution is 5.75. The van der Waals surface area contributed by atoms with Gasteiger partial charge >= 0.3 is 6.18 Å². The lowest BCUT2D eigenvalue weighted by atomic mass is 9.75. The van der Waals surface area contributed by atoms with Gasteiger partial charge in [-0.2, -0.15) is 13.2 Å². The van der Waals surface area contributed by atoms with Gasteiger partial charge in [0.2, 0.25) is 0 Å². The lowest BCUT2D eigenvalue weighted by Gasteiger charge is -2.34. The zero-order valence-electron chi connectivity index (χ0n) is 16.4. The summed E-state index contributed by atoms with van der Waals surface area (Å²) in [6.07, 6.45) is 1.16. The minimum atomic E-state index is -4.23. The molecule has 27 heavy (non-hydrogen) atoms. The summed E-state index contributed by atoms with van der Waals surface area (Å²) in [6.45, 7) is 8.58. The topological polar surface area (TPSA) is 15.3 Å². The number of hydrogen-bond donors (Lipinski definition) is 1. The molecular weight excluding hydrogens is 349 g/mol. The first-order valence-electron chi connectivity index (χ1n) is 9.86. The van der Waals surface area contributed by atoms with Gasteiger partial charge in [0.25, 0.3) is 0 Å². The first-order chi connectivity index (χ1) is 12.9. The lowest BCUT2D eigenvalue weighted by molar-refractivity contribution is -0.207. The van der Waals surface area contributed by atoms with Gasteiger partial charge in [-0.05, 0) is 50.0 Å². The van der Waals surface area contributed by atoms with Crippen molar-refractivity contribution in [1.82, 2.24) is 10.2 Å². The van der Waals surface area contributed by atoms with Gasteiger partial charge in [-0.15, -0.1) is 0 Å². The van der Waals surface area contributed by atoms with Gasteiger partial charge in [0.05, 0.1) is 5.41 Å². The van der Waals surface area contributed by atoms with E-state index in [-0.39, 0.29) is 12.8 Å². The molecule has 0 aliphatic heterocycles. The highest BCUT2D eigenvalue weighted by Gasteiger charge is 2.52. The summed E-state index contributed by atoms with van der Waals surface area (Å²) < 4.78 is 41.4. The van der Waals surface area contributed by atoms with Crippen LogP contribution in [0.3, 0.4) is 0 Å². The fraction of sp³-hybridized carbons (Fsp3) is 0.545. The third-order valence-electron chi connectivity index (χ3n) is 5.42. The predicted molar refractivity (Wildman–Crippen MR) is 107 cm³/mol. The van der Waals surface area contributed by atoms with E-state index in [1.807, 2.05) is 30.3 Å². The maximum Gasteiger partial charge on any atom is 0.398 e. The van der Waals surface area contributed by atoms with Crippen LogP contribution < -0.4 is 5.32 Å². The molecule has 1 aliphatic rings. The van der Waals surface area contributed by atoms with E-state index in [4.69, 9.17) is 0 Å². The van der Waals surface area contributed by atoms with Crippen LogP contribution in [0, 0.1) is 5.41 Å². The monoisotopic (exact) mass is 380 g/mol. The number of hydrogen-bond acceptors (Lipinski definition) is 2. The SMILES string of the molecule is CCN(CC)CCNCCCC1(C(F)(F)F)C=CC(c2ccccc2)=CC1. The summed E-state index contributed by atoms with van der Waals surface area (Å²) in [4.78, 5) is 2.30. The van der Waals surface area contributed by atoms with Gasteiger partial charge in [0, 0.05) is 13.1 Å². The number of likely N-dealkylation sites (N-methyl/N-ethyl adjacent to an activating group) is 1. The van der Waals surface area contributed by atoms with Gasteiger partial charge in [-0.25, -0.2) is 0 Å². The fourth-order valence-corrected chi connectivity index (χ4v) is 3.49. The van der Waals surface area contributed by atoms with Crippen molar-refractivity contribution in [1.29, 1.82) is 0 Å². The van der Waals surface area contributed by atoms with Crippen molar-refractivity contribution in [2.45, 2.75) is 39.3 Å². The Kier molecular flexibility index (Phi) is 8.11.